The van der Waals surface area contributed by atoms with Crippen molar-refractivity contribution in [3.8, 4) is 11.3 Å². The van der Waals surface area contributed by atoms with Gasteiger partial charge in [0.1, 0.15) is 5.03 Å². The van der Waals surface area contributed by atoms with Gasteiger partial charge >= 0.3 is 0 Å². The Morgan fingerprint density at radius 3 is 2.57 bits per heavy atom. The maximum Gasteiger partial charge on any atom is 0.269 e. The fourth-order valence-corrected chi connectivity index (χ4v) is 3.81. The predicted octanol–water partition coefficient (Wildman–Crippen LogP) is 3.73. The van der Waals surface area contributed by atoms with Gasteiger partial charge in [0.25, 0.3) is 5.69 Å². The van der Waals surface area contributed by atoms with E-state index in [2.05, 4.69) is 16.3 Å². The number of nitrogens with zero attached hydrogens (tertiary/aromatic N) is 4. The second-order valence-electron chi connectivity index (χ2n) is 6.27. The van der Waals surface area contributed by atoms with Crippen LogP contribution in [0.3, 0.4) is 0 Å². The van der Waals surface area contributed by atoms with Crippen LogP contribution < -0.4 is 4.90 Å². The van der Waals surface area contributed by atoms with E-state index in [1.165, 1.54) is 29.5 Å². The minimum absolute atomic E-state index is 0.0332. The van der Waals surface area contributed by atoms with Crippen molar-refractivity contribution in [1.82, 2.24) is 10.2 Å². The molecule has 0 saturated heterocycles. The lowest BCUT2D eigenvalue weighted by Crippen LogP contribution is -2.30. The minimum Gasteiger partial charge on any atom is -0.311 e. The Morgan fingerprint density at radius 2 is 1.86 bits per heavy atom. The van der Waals surface area contributed by atoms with Crippen molar-refractivity contribution in [2.24, 2.45) is 0 Å². The zero-order valence-electron chi connectivity index (χ0n) is 14.8. The molecule has 2 heterocycles. The number of fused-ring (bicyclic) bond motifs is 1. The van der Waals surface area contributed by atoms with Crippen LogP contribution in [0.4, 0.5) is 11.4 Å². The van der Waals surface area contributed by atoms with E-state index >= 15 is 0 Å². The molecule has 1 aromatic heterocycles. The van der Waals surface area contributed by atoms with Gasteiger partial charge in [0, 0.05) is 29.9 Å². The average molecular weight is 392 g/mol. The van der Waals surface area contributed by atoms with E-state index in [-0.39, 0.29) is 11.6 Å². The van der Waals surface area contributed by atoms with Gasteiger partial charge in [0.15, 0.2) is 0 Å². The van der Waals surface area contributed by atoms with Crippen LogP contribution >= 0.6 is 11.8 Å². The molecule has 0 unspecified atom stereocenters. The fourth-order valence-electron chi connectivity index (χ4n) is 3.12. The quantitative estimate of drug-likeness (QED) is 0.373. The molecule has 0 bridgehead atoms. The molecule has 140 valence electrons. The smallest absolute Gasteiger partial charge is 0.269 e. The Bertz CT molecular complexity index is 1020. The van der Waals surface area contributed by atoms with E-state index in [0.29, 0.717) is 23.0 Å². The molecule has 0 aliphatic carbocycles. The van der Waals surface area contributed by atoms with Crippen LogP contribution in [0.25, 0.3) is 11.3 Å². The van der Waals surface area contributed by atoms with Gasteiger partial charge in [-0.25, -0.2) is 0 Å². The molecule has 4 rings (SSSR count). The van der Waals surface area contributed by atoms with Crippen LogP contribution in [0.15, 0.2) is 65.7 Å². The van der Waals surface area contributed by atoms with Gasteiger partial charge in [-0.15, -0.1) is 10.2 Å². The van der Waals surface area contributed by atoms with Crippen molar-refractivity contribution >= 4 is 29.0 Å². The van der Waals surface area contributed by atoms with Gasteiger partial charge < -0.3 is 4.90 Å². The van der Waals surface area contributed by atoms with Crippen molar-refractivity contribution < 1.29 is 9.72 Å². The number of hydrogen-bond acceptors (Lipinski definition) is 6. The molecule has 7 nitrogen and oxygen atoms in total. The van der Waals surface area contributed by atoms with E-state index in [1.807, 2.05) is 23.1 Å². The molecule has 1 aliphatic rings. The summed E-state index contributed by atoms with van der Waals surface area (Å²) < 4.78 is 0. The molecule has 0 radical (unpaired) electrons. The van der Waals surface area contributed by atoms with Crippen LogP contribution in [0.2, 0.25) is 0 Å². The molecule has 0 fully saturated rings. The first-order chi connectivity index (χ1) is 13.6. The normalized spacial score (nSPS) is 12.6. The Labute approximate surface area is 165 Å². The second kappa shape index (κ2) is 7.77. The molecular formula is C20H16N4O3S. The van der Waals surface area contributed by atoms with Gasteiger partial charge in [-0.2, -0.15) is 0 Å². The number of anilines is 1. The number of para-hydroxylation sites is 1. The Hall–Kier alpha value is -3.26. The lowest BCUT2D eigenvalue weighted by molar-refractivity contribution is -0.384. The fraction of sp³-hybridized carbons (Fsp3) is 0.150. The van der Waals surface area contributed by atoms with Crippen LogP contribution in [0.1, 0.15) is 5.56 Å². The molecule has 1 aliphatic heterocycles. The Morgan fingerprint density at radius 1 is 1.07 bits per heavy atom. The highest BCUT2D eigenvalue weighted by atomic mass is 32.2. The van der Waals surface area contributed by atoms with E-state index in [0.717, 1.165) is 17.7 Å². The number of thioether (sulfide) groups is 1. The Balaban J connectivity index is 1.38. The van der Waals surface area contributed by atoms with Crippen molar-refractivity contribution in [2.45, 2.75) is 11.4 Å². The molecule has 0 saturated carbocycles. The summed E-state index contributed by atoms with van der Waals surface area (Å²) in [5.74, 6) is 0.344. The lowest BCUT2D eigenvalue weighted by atomic mass is 10.1. The number of aromatic nitrogens is 2. The van der Waals surface area contributed by atoms with Crippen LogP contribution in [-0.2, 0) is 11.2 Å². The van der Waals surface area contributed by atoms with Crippen molar-refractivity contribution in [3.05, 3.63) is 76.3 Å². The summed E-state index contributed by atoms with van der Waals surface area (Å²) in [5.41, 5.74) is 3.60. The van der Waals surface area contributed by atoms with E-state index in [4.69, 9.17) is 0 Å². The standard InChI is InChI=1S/C20H16N4O3S/c25-20(23-12-11-15-3-1-2-4-18(15)23)13-28-19-10-9-17(21-22-19)14-5-7-16(8-6-14)24(26)27/h1-10H,11-13H2. The predicted molar refractivity (Wildman–Crippen MR) is 107 cm³/mol. The number of nitro groups is 1. The van der Waals surface area contributed by atoms with Gasteiger partial charge in [-0.05, 0) is 42.3 Å². The number of amides is 1. The molecule has 28 heavy (non-hydrogen) atoms. The number of carbonyl (C=O) groups is 1. The minimum atomic E-state index is -0.440. The first-order valence-electron chi connectivity index (χ1n) is 8.71. The van der Waals surface area contributed by atoms with Crippen molar-refractivity contribution in [2.75, 3.05) is 17.2 Å². The summed E-state index contributed by atoms with van der Waals surface area (Å²) in [4.78, 5) is 24.7. The summed E-state index contributed by atoms with van der Waals surface area (Å²) >= 11 is 1.35. The number of rotatable bonds is 5. The van der Waals surface area contributed by atoms with Gasteiger partial charge in [0.05, 0.1) is 16.4 Å². The molecular weight excluding hydrogens is 376 g/mol. The van der Waals surface area contributed by atoms with E-state index in [9.17, 15) is 14.9 Å². The van der Waals surface area contributed by atoms with Gasteiger partial charge in [-0.3, -0.25) is 14.9 Å². The number of carbonyl (C=O) groups excluding carboxylic acids is 1. The SMILES string of the molecule is O=C(CSc1ccc(-c2ccc([N+](=O)[O-])cc2)nn1)N1CCc2ccccc21. The first kappa shape index (κ1) is 18.1. The molecule has 1 amide bonds. The summed E-state index contributed by atoms with van der Waals surface area (Å²) in [5, 5.41) is 19.7. The van der Waals surface area contributed by atoms with Crippen molar-refractivity contribution in [1.29, 1.82) is 0 Å². The van der Waals surface area contributed by atoms with E-state index in [1.54, 1.807) is 24.3 Å². The average Bonchev–Trinajstić information content (AvgIpc) is 3.17. The summed E-state index contributed by atoms with van der Waals surface area (Å²) in [7, 11) is 0. The molecule has 0 N–H and O–H groups in total. The maximum atomic E-state index is 12.6. The molecule has 2 aromatic carbocycles. The van der Waals surface area contributed by atoms with Crippen LogP contribution in [0, 0.1) is 10.1 Å². The zero-order chi connectivity index (χ0) is 19.5. The third-order valence-electron chi connectivity index (χ3n) is 4.55. The summed E-state index contributed by atoms with van der Waals surface area (Å²) in [6.45, 7) is 0.712. The highest BCUT2D eigenvalue weighted by Crippen LogP contribution is 2.29. The zero-order valence-corrected chi connectivity index (χ0v) is 15.6. The molecule has 8 heteroatoms. The van der Waals surface area contributed by atoms with Gasteiger partial charge in [0.2, 0.25) is 5.91 Å². The number of hydrogen-bond donors (Lipinski definition) is 0. The van der Waals surface area contributed by atoms with Crippen molar-refractivity contribution in [3.63, 3.8) is 0 Å². The van der Waals surface area contributed by atoms with Gasteiger partial charge in [-0.1, -0.05) is 30.0 Å². The second-order valence-corrected chi connectivity index (χ2v) is 7.27. The monoisotopic (exact) mass is 392 g/mol. The Kier molecular flexibility index (Phi) is 5.03. The summed E-state index contributed by atoms with van der Waals surface area (Å²) in [6, 6.07) is 17.7. The highest BCUT2D eigenvalue weighted by Gasteiger charge is 2.24. The topological polar surface area (TPSA) is 89.2 Å². The first-order valence-corrected chi connectivity index (χ1v) is 9.70. The van der Waals surface area contributed by atoms with E-state index < -0.39 is 4.92 Å². The lowest BCUT2D eigenvalue weighted by Gasteiger charge is -2.16. The molecule has 0 atom stereocenters. The highest BCUT2D eigenvalue weighted by molar-refractivity contribution is 7.99. The van der Waals surface area contributed by atoms with Crippen LogP contribution in [-0.4, -0.2) is 33.3 Å². The summed E-state index contributed by atoms with van der Waals surface area (Å²) in [6.07, 6.45) is 0.885. The number of benzene rings is 2. The van der Waals surface area contributed by atoms with Crippen LogP contribution in [0.5, 0.6) is 0 Å². The molecule has 3 aromatic rings. The maximum absolute atomic E-state index is 12.6. The molecule has 0 spiro atoms. The third kappa shape index (κ3) is 3.72. The number of non-ortho nitro benzene ring substituents is 1. The largest absolute Gasteiger partial charge is 0.311 e. The number of nitro benzene ring substituents is 1. The third-order valence-corrected chi connectivity index (χ3v) is 5.45.